The molecule has 0 saturated carbocycles. The number of halogens is 1. The highest BCUT2D eigenvalue weighted by molar-refractivity contribution is 7.89. The van der Waals surface area contributed by atoms with Crippen molar-refractivity contribution in [1.29, 1.82) is 0 Å². The SMILES string of the molecule is CCn1c(=NC(=O)c2ccc(S(=O)(=O)N3CCCC(C)C3)cc2)sc2cc(Cl)ccc21. The molecule has 9 heteroatoms. The van der Waals surface area contributed by atoms with Crippen LogP contribution in [0.3, 0.4) is 0 Å². The Morgan fingerprint density at radius 2 is 1.97 bits per heavy atom. The fourth-order valence-electron chi connectivity index (χ4n) is 3.87. The van der Waals surface area contributed by atoms with E-state index in [2.05, 4.69) is 11.9 Å². The summed E-state index contributed by atoms with van der Waals surface area (Å²) in [5.41, 5.74) is 1.32. The molecule has 1 saturated heterocycles. The van der Waals surface area contributed by atoms with Crippen molar-refractivity contribution in [2.45, 2.75) is 38.1 Å². The largest absolute Gasteiger partial charge is 0.317 e. The number of carbonyl (C=O) groups is 1. The molecule has 2 aromatic carbocycles. The Hall–Kier alpha value is -2.00. The van der Waals surface area contributed by atoms with Gasteiger partial charge in [0, 0.05) is 30.2 Å². The van der Waals surface area contributed by atoms with Gasteiger partial charge in [-0.05, 0) is 68.1 Å². The van der Waals surface area contributed by atoms with Crippen LogP contribution in [0.25, 0.3) is 10.2 Å². The lowest BCUT2D eigenvalue weighted by atomic mass is 10.0. The van der Waals surface area contributed by atoms with Gasteiger partial charge in [-0.2, -0.15) is 9.30 Å². The lowest BCUT2D eigenvalue weighted by Crippen LogP contribution is -2.39. The maximum atomic E-state index is 12.9. The normalized spacial score (nSPS) is 18.5. The number of aromatic nitrogens is 1. The van der Waals surface area contributed by atoms with E-state index >= 15 is 0 Å². The van der Waals surface area contributed by atoms with Crippen molar-refractivity contribution in [3.8, 4) is 0 Å². The summed E-state index contributed by atoms with van der Waals surface area (Å²) in [6, 6.07) is 11.7. The minimum absolute atomic E-state index is 0.207. The summed E-state index contributed by atoms with van der Waals surface area (Å²) in [7, 11) is -3.55. The number of fused-ring (bicyclic) bond motifs is 1. The summed E-state index contributed by atoms with van der Waals surface area (Å²) in [6.07, 6.45) is 1.91. The highest BCUT2D eigenvalue weighted by atomic mass is 35.5. The summed E-state index contributed by atoms with van der Waals surface area (Å²) in [5, 5.41) is 0.634. The molecule has 0 aliphatic carbocycles. The molecule has 0 N–H and O–H groups in total. The van der Waals surface area contributed by atoms with Gasteiger partial charge in [0.05, 0.1) is 15.1 Å². The van der Waals surface area contributed by atoms with Gasteiger partial charge in [-0.15, -0.1) is 0 Å². The molecule has 1 atom stereocenters. The van der Waals surface area contributed by atoms with Gasteiger partial charge in [-0.3, -0.25) is 4.79 Å². The van der Waals surface area contributed by atoms with E-state index in [1.807, 2.05) is 29.7 Å². The zero-order valence-electron chi connectivity index (χ0n) is 17.4. The molecule has 6 nitrogen and oxygen atoms in total. The van der Waals surface area contributed by atoms with Crippen LogP contribution in [0, 0.1) is 5.92 Å². The number of sulfonamides is 1. The zero-order chi connectivity index (χ0) is 22.2. The Labute approximate surface area is 190 Å². The van der Waals surface area contributed by atoms with E-state index in [4.69, 9.17) is 11.6 Å². The topological polar surface area (TPSA) is 71.7 Å². The molecule has 1 fully saturated rings. The molecule has 0 spiro atoms. The number of aryl methyl sites for hydroxylation is 1. The van der Waals surface area contributed by atoms with Crippen molar-refractivity contribution in [3.63, 3.8) is 0 Å². The number of piperidine rings is 1. The van der Waals surface area contributed by atoms with E-state index in [0.717, 1.165) is 23.1 Å². The Bertz CT molecular complexity index is 1290. The van der Waals surface area contributed by atoms with Gasteiger partial charge >= 0.3 is 0 Å². The number of hydrogen-bond donors (Lipinski definition) is 0. The van der Waals surface area contributed by atoms with Crippen LogP contribution in [-0.4, -0.2) is 36.3 Å². The van der Waals surface area contributed by atoms with E-state index < -0.39 is 15.9 Å². The summed E-state index contributed by atoms with van der Waals surface area (Å²) < 4.78 is 30.3. The third kappa shape index (κ3) is 4.48. The molecule has 0 bridgehead atoms. The fourth-order valence-corrected chi connectivity index (χ4v) is 6.84. The molecular formula is C22H24ClN3O3S2. The monoisotopic (exact) mass is 477 g/mol. The second kappa shape index (κ2) is 8.86. The quantitative estimate of drug-likeness (QED) is 0.553. The predicted octanol–water partition coefficient (Wildman–Crippen LogP) is 4.54. The number of nitrogens with zero attached hydrogens (tertiary/aromatic N) is 3. The molecule has 1 aliphatic rings. The Morgan fingerprint density at radius 1 is 1.23 bits per heavy atom. The first-order chi connectivity index (χ1) is 14.8. The molecule has 2 heterocycles. The van der Waals surface area contributed by atoms with Crippen molar-refractivity contribution >= 4 is 49.1 Å². The van der Waals surface area contributed by atoms with E-state index in [-0.39, 0.29) is 4.90 Å². The van der Waals surface area contributed by atoms with Crippen LogP contribution in [0.15, 0.2) is 52.4 Å². The Kier molecular flexibility index (Phi) is 6.35. The van der Waals surface area contributed by atoms with Gasteiger partial charge in [-0.1, -0.05) is 29.9 Å². The van der Waals surface area contributed by atoms with Crippen LogP contribution >= 0.6 is 22.9 Å². The van der Waals surface area contributed by atoms with E-state index in [9.17, 15) is 13.2 Å². The number of carbonyl (C=O) groups excluding carboxylic acids is 1. The molecule has 1 unspecified atom stereocenters. The molecular weight excluding hydrogens is 454 g/mol. The van der Waals surface area contributed by atoms with Crippen LogP contribution in [-0.2, 0) is 16.6 Å². The standard InChI is InChI=1S/C22H24ClN3O3S2/c1-3-26-19-11-8-17(23)13-20(19)30-22(26)24-21(27)16-6-9-18(10-7-16)31(28,29)25-12-4-5-15(2)14-25/h6-11,13,15H,3-5,12,14H2,1-2H3. The molecule has 0 radical (unpaired) electrons. The van der Waals surface area contributed by atoms with Gasteiger partial charge in [0.2, 0.25) is 10.0 Å². The first-order valence-electron chi connectivity index (χ1n) is 10.3. The van der Waals surface area contributed by atoms with Crippen LogP contribution in [0.5, 0.6) is 0 Å². The van der Waals surface area contributed by atoms with E-state index in [1.54, 1.807) is 0 Å². The third-order valence-corrected chi connectivity index (χ3v) is 8.67. The van der Waals surface area contributed by atoms with Crippen LogP contribution in [0.2, 0.25) is 5.02 Å². The van der Waals surface area contributed by atoms with Crippen molar-refractivity contribution in [2.24, 2.45) is 10.9 Å². The smallest absolute Gasteiger partial charge is 0.279 e. The van der Waals surface area contributed by atoms with Gasteiger partial charge in [0.25, 0.3) is 5.91 Å². The summed E-state index contributed by atoms with van der Waals surface area (Å²) in [5.74, 6) is -0.0555. The molecule has 3 aromatic rings. The molecule has 1 aromatic heterocycles. The minimum Gasteiger partial charge on any atom is -0.317 e. The first kappa shape index (κ1) is 22.2. The van der Waals surface area contributed by atoms with Gasteiger partial charge < -0.3 is 4.57 Å². The fraction of sp³-hybridized carbons (Fsp3) is 0.364. The summed E-state index contributed by atoms with van der Waals surface area (Å²) in [6.45, 7) is 5.79. The van der Waals surface area contributed by atoms with Gasteiger partial charge in [-0.25, -0.2) is 8.42 Å². The Morgan fingerprint density at radius 3 is 2.65 bits per heavy atom. The maximum Gasteiger partial charge on any atom is 0.279 e. The highest BCUT2D eigenvalue weighted by Gasteiger charge is 2.28. The number of amides is 1. The number of hydrogen-bond acceptors (Lipinski definition) is 4. The summed E-state index contributed by atoms with van der Waals surface area (Å²) in [4.78, 5) is 17.9. The maximum absolute atomic E-state index is 12.9. The number of benzene rings is 2. The van der Waals surface area contributed by atoms with Crippen LogP contribution < -0.4 is 4.80 Å². The molecule has 1 aliphatic heterocycles. The molecule has 4 rings (SSSR count). The number of thiazole rings is 1. The van der Waals surface area contributed by atoms with Crippen LogP contribution in [0.1, 0.15) is 37.0 Å². The number of rotatable bonds is 4. The zero-order valence-corrected chi connectivity index (χ0v) is 19.8. The van der Waals surface area contributed by atoms with Crippen LogP contribution in [0.4, 0.5) is 0 Å². The Balaban J connectivity index is 1.63. The molecule has 1 amide bonds. The highest BCUT2D eigenvalue weighted by Crippen LogP contribution is 2.24. The van der Waals surface area contributed by atoms with Crippen molar-refractivity contribution < 1.29 is 13.2 Å². The third-order valence-electron chi connectivity index (χ3n) is 5.52. The van der Waals surface area contributed by atoms with E-state index in [1.165, 1.54) is 39.9 Å². The van der Waals surface area contributed by atoms with Crippen molar-refractivity contribution in [3.05, 3.63) is 57.9 Å². The second-order valence-electron chi connectivity index (χ2n) is 7.79. The van der Waals surface area contributed by atoms with Crippen molar-refractivity contribution in [1.82, 2.24) is 8.87 Å². The molecule has 164 valence electrons. The van der Waals surface area contributed by atoms with Gasteiger partial charge in [0.1, 0.15) is 0 Å². The lowest BCUT2D eigenvalue weighted by Gasteiger charge is -2.30. The lowest BCUT2D eigenvalue weighted by molar-refractivity contribution is 0.0997. The minimum atomic E-state index is -3.55. The average Bonchev–Trinajstić information content (AvgIpc) is 3.09. The first-order valence-corrected chi connectivity index (χ1v) is 12.9. The predicted molar refractivity (Wildman–Crippen MR) is 124 cm³/mol. The van der Waals surface area contributed by atoms with Crippen molar-refractivity contribution in [2.75, 3.05) is 13.1 Å². The second-order valence-corrected chi connectivity index (χ2v) is 11.2. The summed E-state index contributed by atoms with van der Waals surface area (Å²) >= 11 is 7.49. The van der Waals surface area contributed by atoms with Gasteiger partial charge in [0.15, 0.2) is 4.80 Å². The molecule has 31 heavy (non-hydrogen) atoms. The van der Waals surface area contributed by atoms with E-state index in [0.29, 0.717) is 40.9 Å². The average molecular weight is 478 g/mol.